The maximum Gasteiger partial charge on any atom is 0.226 e. The van der Waals surface area contributed by atoms with Gasteiger partial charge < -0.3 is 10.6 Å². The van der Waals surface area contributed by atoms with Crippen LogP contribution in [0.5, 0.6) is 0 Å². The Morgan fingerprint density at radius 1 is 1.15 bits per heavy atom. The lowest BCUT2D eigenvalue weighted by molar-refractivity contribution is 0.333. The summed E-state index contributed by atoms with van der Waals surface area (Å²) in [5.41, 5.74) is 2.16. The number of anilines is 2. The van der Waals surface area contributed by atoms with Crippen LogP contribution in [-0.4, -0.2) is 32.8 Å². The molecule has 6 nitrogen and oxygen atoms in total. The van der Waals surface area contributed by atoms with Crippen LogP contribution in [0.2, 0.25) is 0 Å². The number of rotatable bonds is 7. The Labute approximate surface area is 154 Å². The predicted octanol–water partition coefficient (Wildman–Crippen LogP) is 3.79. The first-order chi connectivity index (χ1) is 12.7. The third-order valence-electron chi connectivity index (χ3n) is 5.31. The highest BCUT2D eigenvalue weighted by Gasteiger charge is 2.19. The lowest BCUT2D eigenvalue weighted by Gasteiger charge is -2.25. The maximum absolute atomic E-state index is 4.72. The van der Waals surface area contributed by atoms with Crippen LogP contribution in [0.4, 0.5) is 11.8 Å². The summed E-state index contributed by atoms with van der Waals surface area (Å²) in [5.74, 6) is 2.68. The Kier molecular flexibility index (Phi) is 4.73. The molecule has 2 aromatic heterocycles. The summed E-state index contributed by atoms with van der Waals surface area (Å²) in [6.45, 7) is 3.97. The minimum atomic E-state index is 0.383. The molecule has 3 aromatic rings. The van der Waals surface area contributed by atoms with Gasteiger partial charge in [0.15, 0.2) is 5.65 Å². The largest absolute Gasteiger partial charge is 0.369 e. The van der Waals surface area contributed by atoms with Crippen molar-refractivity contribution >= 4 is 22.8 Å². The van der Waals surface area contributed by atoms with E-state index in [4.69, 9.17) is 4.98 Å². The summed E-state index contributed by atoms with van der Waals surface area (Å²) in [6.07, 6.45) is 5.82. The van der Waals surface area contributed by atoms with Crippen molar-refractivity contribution in [1.29, 1.82) is 0 Å². The van der Waals surface area contributed by atoms with E-state index in [2.05, 4.69) is 51.9 Å². The maximum atomic E-state index is 4.72. The Bertz CT molecular complexity index is 869. The Hall–Kier alpha value is -2.63. The molecule has 2 heterocycles. The topological polar surface area (TPSA) is 67.7 Å². The molecule has 1 atom stereocenters. The molecular formula is C20H26N6. The van der Waals surface area contributed by atoms with E-state index in [1.807, 2.05) is 19.3 Å². The summed E-state index contributed by atoms with van der Waals surface area (Å²) in [5, 5.41) is 12.3. The Morgan fingerprint density at radius 2 is 1.96 bits per heavy atom. The van der Waals surface area contributed by atoms with Crippen LogP contribution >= 0.6 is 0 Å². The quantitative estimate of drug-likeness (QED) is 0.678. The zero-order valence-electron chi connectivity index (χ0n) is 15.4. The van der Waals surface area contributed by atoms with E-state index in [9.17, 15) is 0 Å². The average molecular weight is 350 g/mol. The molecule has 2 N–H and O–H groups in total. The first-order valence-electron chi connectivity index (χ1n) is 9.43. The molecule has 136 valence electrons. The SMILES string of the molecule is CC(CNc1nc(NCC2CCC2)c2cnn(C)c2n1)c1ccccc1. The van der Waals surface area contributed by atoms with Crippen molar-refractivity contribution in [3.05, 3.63) is 42.1 Å². The van der Waals surface area contributed by atoms with Crippen LogP contribution in [-0.2, 0) is 7.05 Å². The molecule has 1 unspecified atom stereocenters. The predicted molar refractivity (Wildman–Crippen MR) is 105 cm³/mol. The van der Waals surface area contributed by atoms with Crippen molar-refractivity contribution in [3.8, 4) is 0 Å². The van der Waals surface area contributed by atoms with Gasteiger partial charge in [-0.1, -0.05) is 43.7 Å². The summed E-state index contributed by atoms with van der Waals surface area (Å²) < 4.78 is 1.80. The van der Waals surface area contributed by atoms with Crippen molar-refractivity contribution in [2.75, 3.05) is 23.7 Å². The third kappa shape index (κ3) is 3.49. The standard InChI is InChI=1S/C20H26N6/c1-14(16-9-4-3-5-10-16)11-22-20-24-18(21-12-15-7-6-8-15)17-13-23-26(2)19(17)25-20/h3-5,9-10,13-15H,6-8,11-12H2,1-2H3,(H2,21,22,24,25). The van der Waals surface area contributed by atoms with Gasteiger partial charge in [-0.15, -0.1) is 0 Å². The molecule has 26 heavy (non-hydrogen) atoms. The highest BCUT2D eigenvalue weighted by molar-refractivity contribution is 5.87. The molecule has 1 aliphatic carbocycles. The molecule has 0 aliphatic heterocycles. The summed E-state index contributed by atoms with van der Waals surface area (Å²) in [6, 6.07) is 10.5. The van der Waals surface area contributed by atoms with Gasteiger partial charge in [0.25, 0.3) is 0 Å². The van der Waals surface area contributed by atoms with Gasteiger partial charge >= 0.3 is 0 Å². The molecular weight excluding hydrogens is 324 g/mol. The van der Waals surface area contributed by atoms with Crippen LogP contribution < -0.4 is 10.6 Å². The fraction of sp³-hybridized carbons (Fsp3) is 0.450. The average Bonchev–Trinajstić information content (AvgIpc) is 3.00. The van der Waals surface area contributed by atoms with Crippen molar-refractivity contribution in [1.82, 2.24) is 19.7 Å². The van der Waals surface area contributed by atoms with Crippen molar-refractivity contribution < 1.29 is 0 Å². The molecule has 0 spiro atoms. The van der Waals surface area contributed by atoms with Crippen LogP contribution in [0.15, 0.2) is 36.5 Å². The molecule has 6 heteroatoms. The number of hydrogen-bond donors (Lipinski definition) is 2. The van der Waals surface area contributed by atoms with Crippen LogP contribution in [0, 0.1) is 5.92 Å². The van der Waals surface area contributed by atoms with Crippen LogP contribution in [0.1, 0.15) is 37.7 Å². The van der Waals surface area contributed by atoms with E-state index in [-0.39, 0.29) is 0 Å². The zero-order valence-corrected chi connectivity index (χ0v) is 15.4. The van der Waals surface area contributed by atoms with E-state index in [0.29, 0.717) is 11.9 Å². The minimum absolute atomic E-state index is 0.383. The van der Waals surface area contributed by atoms with Crippen molar-refractivity contribution in [2.45, 2.75) is 32.1 Å². The number of aromatic nitrogens is 4. The van der Waals surface area contributed by atoms with Gasteiger partial charge in [0.2, 0.25) is 5.95 Å². The van der Waals surface area contributed by atoms with Gasteiger partial charge in [-0.05, 0) is 30.2 Å². The monoisotopic (exact) mass is 350 g/mol. The van der Waals surface area contributed by atoms with E-state index >= 15 is 0 Å². The summed E-state index contributed by atoms with van der Waals surface area (Å²) in [4.78, 5) is 9.38. The molecule has 0 amide bonds. The number of hydrogen-bond acceptors (Lipinski definition) is 5. The molecule has 0 bridgehead atoms. The van der Waals surface area contributed by atoms with Crippen molar-refractivity contribution in [2.24, 2.45) is 13.0 Å². The van der Waals surface area contributed by atoms with Gasteiger partial charge in [-0.25, -0.2) is 0 Å². The molecule has 1 aromatic carbocycles. The highest BCUT2D eigenvalue weighted by atomic mass is 15.3. The van der Waals surface area contributed by atoms with E-state index in [1.165, 1.54) is 24.8 Å². The molecule has 0 radical (unpaired) electrons. The van der Waals surface area contributed by atoms with Gasteiger partial charge in [0.05, 0.1) is 11.6 Å². The van der Waals surface area contributed by atoms with Gasteiger partial charge in [0, 0.05) is 20.1 Å². The van der Waals surface area contributed by atoms with Crippen molar-refractivity contribution in [3.63, 3.8) is 0 Å². The second-order valence-corrected chi connectivity index (χ2v) is 7.27. The smallest absolute Gasteiger partial charge is 0.226 e. The highest BCUT2D eigenvalue weighted by Crippen LogP contribution is 2.28. The zero-order chi connectivity index (χ0) is 17.9. The Balaban J connectivity index is 1.51. The second kappa shape index (κ2) is 7.32. The van der Waals surface area contributed by atoms with E-state index in [1.54, 1.807) is 4.68 Å². The molecule has 1 aliphatic rings. The van der Waals surface area contributed by atoms with E-state index in [0.717, 1.165) is 35.9 Å². The lowest BCUT2D eigenvalue weighted by atomic mass is 9.85. The number of nitrogens with one attached hydrogen (secondary N) is 2. The first kappa shape index (κ1) is 16.8. The van der Waals surface area contributed by atoms with Gasteiger partial charge in [-0.3, -0.25) is 4.68 Å². The normalized spacial score (nSPS) is 15.6. The fourth-order valence-corrected chi connectivity index (χ4v) is 3.32. The summed E-state index contributed by atoms with van der Waals surface area (Å²) in [7, 11) is 1.92. The second-order valence-electron chi connectivity index (χ2n) is 7.27. The molecule has 0 saturated heterocycles. The molecule has 4 rings (SSSR count). The first-order valence-corrected chi connectivity index (χ1v) is 9.43. The summed E-state index contributed by atoms with van der Waals surface area (Å²) >= 11 is 0. The van der Waals surface area contributed by atoms with Crippen LogP contribution in [0.3, 0.4) is 0 Å². The third-order valence-corrected chi connectivity index (χ3v) is 5.31. The minimum Gasteiger partial charge on any atom is -0.369 e. The lowest BCUT2D eigenvalue weighted by Crippen LogP contribution is -2.22. The number of aryl methyl sites for hydroxylation is 1. The Morgan fingerprint density at radius 3 is 2.69 bits per heavy atom. The molecule has 1 fully saturated rings. The van der Waals surface area contributed by atoms with Gasteiger partial charge in [-0.2, -0.15) is 15.1 Å². The van der Waals surface area contributed by atoms with Gasteiger partial charge in [0.1, 0.15) is 5.82 Å². The number of nitrogens with zero attached hydrogens (tertiary/aromatic N) is 4. The fourth-order valence-electron chi connectivity index (χ4n) is 3.32. The number of benzene rings is 1. The van der Waals surface area contributed by atoms with Crippen LogP contribution in [0.25, 0.3) is 11.0 Å². The van der Waals surface area contributed by atoms with E-state index < -0.39 is 0 Å². The number of fused-ring (bicyclic) bond motifs is 1. The molecule has 1 saturated carbocycles.